The zero-order valence-electron chi connectivity index (χ0n) is 10.5. The molecule has 2 N–H and O–H groups in total. The first-order chi connectivity index (χ1) is 8.99. The van der Waals surface area contributed by atoms with E-state index in [1.54, 1.807) is 31.2 Å². The van der Waals surface area contributed by atoms with E-state index in [1.807, 2.05) is 0 Å². The molecule has 2 aromatic carbocycles. The summed E-state index contributed by atoms with van der Waals surface area (Å²) in [5, 5.41) is 0.0501. The molecule has 0 aliphatic carbocycles. The molecule has 0 heterocycles. The van der Waals surface area contributed by atoms with E-state index in [1.165, 1.54) is 12.1 Å². The Morgan fingerprint density at radius 3 is 2.63 bits per heavy atom. The molecule has 4 heteroatoms. The minimum atomic E-state index is -0.603. The highest BCUT2D eigenvalue weighted by molar-refractivity contribution is 6.30. The third kappa shape index (κ3) is 3.11. The molecule has 0 aliphatic rings. The summed E-state index contributed by atoms with van der Waals surface area (Å²) in [4.78, 5) is 0. The van der Waals surface area contributed by atoms with Gasteiger partial charge < -0.3 is 5.73 Å². The summed E-state index contributed by atoms with van der Waals surface area (Å²) in [7, 11) is 0. The Morgan fingerprint density at radius 1 is 1.21 bits per heavy atom. The maximum absolute atomic E-state index is 13.8. The highest BCUT2D eigenvalue weighted by atomic mass is 35.5. The Balaban J connectivity index is 2.25. The normalized spacial score (nSPS) is 12.5. The van der Waals surface area contributed by atoms with Gasteiger partial charge in [-0.25, -0.2) is 8.78 Å². The maximum atomic E-state index is 13.8. The molecule has 0 bridgehead atoms. The van der Waals surface area contributed by atoms with Crippen LogP contribution in [0.4, 0.5) is 8.78 Å². The lowest BCUT2D eigenvalue weighted by Gasteiger charge is -2.14. The van der Waals surface area contributed by atoms with Crippen LogP contribution >= 0.6 is 11.6 Å². The molecular weight excluding hydrogens is 268 g/mol. The Morgan fingerprint density at radius 2 is 1.95 bits per heavy atom. The average molecular weight is 282 g/mol. The summed E-state index contributed by atoms with van der Waals surface area (Å²) >= 11 is 5.71. The zero-order valence-corrected chi connectivity index (χ0v) is 11.2. The predicted octanol–water partition coefficient (Wildman–Crippen LogP) is 4.17. The van der Waals surface area contributed by atoms with Crippen LogP contribution in [-0.2, 0) is 6.42 Å². The largest absolute Gasteiger partial charge is 0.324 e. The van der Waals surface area contributed by atoms with Crippen molar-refractivity contribution in [3.8, 4) is 0 Å². The highest BCUT2D eigenvalue weighted by Gasteiger charge is 2.15. The van der Waals surface area contributed by atoms with E-state index < -0.39 is 11.9 Å². The van der Waals surface area contributed by atoms with Crippen LogP contribution in [0.5, 0.6) is 0 Å². The Hall–Kier alpha value is -1.45. The molecule has 0 aliphatic heterocycles. The number of rotatable bonds is 3. The van der Waals surface area contributed by atoms with Gasteiger partial charge in [-0.2, -0.15) is 0 Å². The topological polar surface area (TPSA) is 26.0 Å². The second-order valence-corrected chi connectivity index (χ2v) is 4.96. The summed E-state index contributed by atoms with van der Waals surface area (Å²) in [6.45, 7) is 1.80. The number of hydrogen-bond acceptors (Lipinski definition) is 1. The molecule has 2 rings (SSSR count). The SMILES string of the molecule is Cc1ccc(C(N)Cc2cccc(Cl)c2F)c(F)c1. The minimum Gasteiger partial charge on any atom is -0.324 e. The standard InChI is InChI=1S/C15H14ClF2N/c1-9-5-6-11(13(17)7-9)14(19)8-10-3-2-4-12(16)15(10)18/h2-7,14H,8,19H2,1H3. The number of aryl methyl sites for hydroxylation is 1. The fourth-order valence-corrected chi connectivity index (χ4v) is 2.18. The molecule has 100 valence electrons. The molecule has 0 aromatic heterocycles. The summed E-state index contributed by atoms with van der Waals surface area (Å²) in [5.74, 6) is -0.859. The average Bonchev–Trinajstić information content (AvgIpc) is 2.34. The van der Waals surface area contributed by atoms with Gasteiger partial charge >= 0.3 is 0 Å². The van der Waals surface area contributed by atoms with Crippen molar-refractivity contribution in [2.75, 3.05) is 0 Å². The fraction of sp³-hybridized carbons (Fsp3) is 0.200. The van der Waals surface area contributed by atoms with Crippen LogP contribution in [0.1, 0.15) is 22.7 Å². The summed E-state index contributed by atoms with van der Waals surface area (Å²) in [5.41, 5.74) is 7.54. The van der Waals surface area contributed by atoms with Crippen molar-refractivity contribution in [1.82, 2.24) is 0 Å². The molecule has 1 unspecified atom stereocenters. The molecular formula is C15H14ClF2N. The van der Waals surface area contributed by atoms with Crippen LogP contribution in [-0.4, -0.2) is 0 Å². The van der Waals surface area contributed by atoms with Crippen molar-refractivity contribution in [3.63, 3.8) is 0 Å². The summed E-state index contributed by atoms with van der Waals surface area (Å²) in [6, 6.07) is 8.96. The molecule has 2 aromatic rings. The van der Waals surface area contributed by atoms with Gasteiger partial charge in [0, 0.05) is 11.6 Å². The molecule has 0 saturated carbocycles. The van der Waals surface area contributed by atoms with Gasteiger partial charge in [-0.1, -0.05) is 35.9 Å². The van der Waals surface area contributed by atoms with E-state index in [4.69, 9.17) is 17.3 Å². The number of benzene rings is 2. The van der Waals surface area contributed by atoms with Crippen molar-refractivity contribution >= 4 is 11.6 Å². The number of hydrogen-bond donors (Lipinski definition) is 1. The molecule has 0 fully saturated rings. The van der Waals surface area contributed by atoms with Gasteiger partial charge in [-0.3, -0.25) is 0 Å². The monoisotopic (exact) mass is 281 g/mol. The second-order valence-electron chi connectivity index (χ2n) is 4.55. The maximum Gasteiger partial charge on any atom is 0.145 e. The lowest BCUT2D eigenvalue weighted by Crippen LogP contribution is -2.16. The highest BCUT2D eigenvalue weighted by Crippen LogP contribution is 2.24. The quantitative estimate of drug-likeness (QED) is 0.898. The molecule has 19 heavy (non-hydrogen) atoms. The van der Waals surface area contributed by atoms with Crippen molar-refractivity contribution < 1.29 is 8.78 Å². The molecule has 0 radical (unpaired) electrons. The van der Waals surface area contributed by atoms with Crippen molar-refractivity contribution in [3.05, 3.63) is 69.7 Å². The molecule has 1 atom stereocenters. The van der Waals surface area contributed by atoms with Crippen LogP contribution in [0.2, 0.25) is 5.02 Å². The van der Waals surface area contributed by atoms with Gasteiger partial charge in [-0.05, 0) is 36.6 Å². The van der Waals surface area contributed by atoms with Crippen LogP contribution in [0.3, 0.4) is 0 Å². The Bertz CT molecular complexity index is 599. The van der Waals surface area contributed by atoms with Crippen molar-refractivity contribution in [2.45, 2.75) is 19.4 Å². The van der Waals surface area contributed by atoms with Crippen LogP contribution < -0.4 is 5.73 Å². The van der Waals surface area contributed by atoms with Gasteiger partial charge in [-0.15, -0.1) is 0 Å². The molecule has 1 nitrogen and oxygen atoms in total. The van der Waals surface area contributed by atoms with Gasteiger partial charge in [0.15, 0.2) is 0 Å². The zero-order chi connectivity index (χ0) is 14.0. The smallest absolute Gasteiger partial charge is 0.145 e. The van der Waals surface area contributed by atoms with Gasteiger partial charge in [0.1, 0.15) is 11.6 Å². The lowest BCUT2D eigenvalue weighted by atomic mass is 9.98. The Labute approximate surface area is 116 Å². The van der Waals surface area contributed by atoms with Crippen LogP contribution in [0.25, 0.3) is 0 Å². The number of nitrogens with two attached hydrogens (primary N) is 1. The summed E-state index contributed by atoms with van der Waals surface area (Å²) in [6.07, 6.45) is 0.201. The van der Waals surface area contributed by atoms with E-state index in [-0.39, 0.29) is 17.3 Å². The van der Waals surface area contributed by atoms with Gasteiger partial charge in [0.05, 0.1) is 5.02 Å². The Kier molecular flexibility index (Phi) is 4.17. The molecule has 0 spiro atoms. The lowest BCUT2D eigenvalue weighted by molar-refractivity contribution is 0.563. The van der Waals surface area contributed by atoms with E-state index in [0.29, 0.717) is 11.1 Å². The second kappa shape index (κ2) is 5.68. The third-order valence-corrected chi connectivity index (χ3v) is 3.32. The van der Waals surface area contributed by atoms with Gasteiger partial charge in [0.25, 0.3) is 0 Å². The minimum absolute atomic E-state index is 0.0501. The van der Waals surface area contributed by atoms with Crippen molar-refractivity contribution in [2.24, 2.45) is 5.73 Å². The van der Waals surface area contributed by atoms with Crippen LogP contribution in [0, 0.1) is 18.6 Å². The predicted molar refractivity (Wildman–Crippen MR) is 73.2 cm³/mol. The first-order valence-electron chi connectivity index (χ1n) is 5.93. The van der Waals surface area contributed by atoms with E-state index in [2.05, 4.69) is 0 Å². The third-order valence-electron chi connectivity index (χ3n) is 3.03. The van der Waals surface area contributed by atoms with E-state index in [0.717, 1.165) is 5.56 Å². The first kappa shape index (κ1) is 14.0. The van der Waals surface area contributed by atoms with Crippen LogP contribution in [0.15, 0.2) is 36.4 Å². The van der Waals surface area contributed by atoms with Crippen molar-refractivity contribution in [1.29, 1.82) is 0 Å². The summed E-state index contributed by atoms with van der Waals surface area (Å²) < 4.78 is 27.5. The van der Waals surface area contributed by atoms with Gasteiger partial charge in [0.2, 0.25) is 0 Å². The molecule has 0 saturated heterocycles. The fourth-order valence-electron chi connectivity index (χ4n) is 1.99. The first-order valence-corrected chi connectivity index (χ1v) is 6.31. The number of halogens is 3. The molecule has 0 amide bonds. The van der Waals surface area contributed by atoms with E-state index >= 15 is 0 Å². The van der Waals surface area contributed by atoms with E-state index in [9.17, 15) is 8.78 Å².